The summed E-state index contributed by atoms with van der Waals surface area (Å²) in [6, 6.07) is 20.6. The highest BCUT2D eigenvalue weighted by molar-refractivity contribution is 6.16. The van der Waals surface area contributed by atoms with Crippen LogP contribution in [0.5, 0.6) is 5.75 Å². The predicted octanol–water partition coefficient (Wildman–Crippen LogP) is 9.13. The number of ketones is 1. The molecule has 4 nitrogen and oxygen atoms in total. The van der Waals surface area contributed by atoms with Gasteiger partial charge in [-0.2, -0.15) is 0 Å². The Morgan fingerprint density at radius 2 is 1.22 bits per heavy atom. The van der Waals surface area contributed by atoms with E-state index < -0.39 is 0 Å². The molecule has 0 saturated carbocycles. The van der Waals surface area contributed by atoms with Crippen molar-refractivity contribution in [2.24, 2.45) is 0 Å². The van der Waals surface area contributed by atoms with E-state index in [2.05, 4.69) is 12.2 Å². The number of hydrogen-bond acceptors (Lipinski definition) is 3. The molecule has 0 spiro atoms. The van der Waals surface area contributed by atoms with E-state index in [0.29, 0.717) is 17.9 Å². The smallest absolute Gasteiger partial charge is 0.232 e. The monoisotopic (exact) mass is 501 g/mol. The number of carbonyl (C=O) groups excluding carboxylic acids is 2. The third-order valence-electron chi connectivity index (χ3n) is 6.82. The number of benzene rings is 3. The molecule has 0 aliphatic heterocycles. The van der Waals surface area contributed by atoms with Gasteiger partial charge in [-0.3, -0.25) is 9.59 Å². The summed E-state index contributed by atoms with van der Waals surface area (Å²) in [5, 5.41) is 4.52. The summed E-state index contributed by atoms with van der Waals surface area (Å²) in [4.78, 5) is 25.3. The first-order chi connectivity index (χ1) is 18.2. The van der Waals surface area contributed by atoms with E-state index in [1.807, 2.05) is 48.5 Å². The first-order valence-electron chi connectivity index (χ1n) is 14.2. The Hall–Kier alpha value is -3.14. The fraction of sp³-hybridized carbons (Fsp3) is 0.455. The van der Waals surface area contributed by atoms with Crippen LogP contribution in [-0.2, 0) is 4.79 Å². The van der Waals surface area contributed by atoms with Gasteiger partial charge in [0.1, 0.15) is 5.75 Å². The van der Waals surface area contributed by atoms with Crippen LogP contribution in [0.3, 0.4) is 0 Å². The Morgan fingerprint density at radius 1 is 0.649 bits per heavy atom. The minimum absolute atomic E-state index is 0.196. The molecule has 0 bridgehead atoms. The van der Waals surface area contributed by atoms with E-state index >= 15 is 0 Å². The number of para-hydroxylation sites is 1. The molecule has 0 heterocycles. The van der Waals surface area contributed by atoms with Crippen molar-refractivity contribution in [3.8, 4) is 5.75 Å². The minimum Gasteiger partial charge on any atom is -0.493 e. The molecule has 0 aliphatic carbocycles. The fourth-order valence-electron chi connectivity index (χ4n) is 4.73. The summed E-state index contributed by atoms with van der Waals surface area (Å²) in [6.45, 7) is 2.94. The van der Waals surface area contributed by atoms with Gasteiger partial charge in [-0.15, -0.1) is 0 Å². The van der Waals surface area contributed by atoms with Crippen LogP contribution in [0.1, 0.15) is 101 Å². The molecule has 0 unspecified atom stereocenters. The number of rotatable bonds is 18. The van der Waals surface area contributed by atoms with Gasteiger partial charge in [0.25, 0.3) is 0 Å². The molecule has 3 aromatic carbocycles. The number of fused-ring (bicyclic) bond motifs is 1. The van der Waals surface area contributed by atoms with Crippen LogP contribution >= 0.6 is 0 Å². The van der Waals surface area contributed by atoms with E-state index in [9.17, 15) is 9.59 Å². The molecule has 4 heteroatoms. The van der Waals surface area contributed by atoms with E-state index in [1.54, 1.807) is 18.2 Å². The maximum Gasteiger partial charge on any atom is 0.232 e. The zero-order valence-corrected chi connectivity index (χ0v) is 22.5. The van der Waals surface area contributed by atoms with Crippen LogP contribution in [0.2, 0.25) is 0 Å². The van der Waals surface area contributed by atoms with Gasteiger partial charge in [-0.25, -0.2) is 0 Å². The third kappa shape index (κ3) is 10.0. The SMILES string of the molecule is CCCCCCCCCCCCCCOc1ccc(C(=O)CC(=O)Nc2ccccc2)c2ccccc12. The number of carbonyl (C=O) groups is 2. The second-order valence-electron chi connectivity index (χ2n) is 9.91. The maximum absolute atomic E-state index is 13.0. The highest BCUT2D eigenvalue weighted by atomic mass is 16.5. The van der Waals surface area contributed by atoms with E-state index in [-0.39, 0.29) is 18.1 Å². The number of anilines is 1. The van der Waals surface area contributed by atoms with Gasteiger partial charge in [0, 0.05) is 16.6 Å². The number of hydrogen-bond donors (Lipinski definition) is 1. The van der Waals surface area contributed by atoms with Crippen molar-refractivity contribution in [3.05, 3.63) is 72.3 Å². The highest BCUT2D eigenvalue weighted by Crippen LogP contribution is 2.29. The molecular weight excluding hydrogens is 458 g/mol. The number of nitrogens with one attached hydrogen (secondary N) is 1. The van der Waals surface area contributed by atoms with Crippen LogP contribution in [0, 0.1) is 0 Å². The first kappa shape index (κ1) is 28.4. The quantitative estimate of drug-likeness (QED) is 0.107. The molecule has 0 aliphatic rings. The normalized spacial score (nSPS) is 10.9. The number of ether oxygens (including phenoxy) is 1. The molecule has 0 fully saturated rings. The fourth-order valence-corrected chi connectivity index (χ4v) is 4.73. The van der Waals surface area contributed by atoms with Crippen molar-refractivity contribution in [2.45, 2.75) is 90.4 Å². The van der Waals surface area contributed by atoms with Crippen molar-refractivity contribution in [2.75, 3.05) is 11.9 Å². The van der Waals surface area contributed by atoms with Crippen molar-refractivity contribution < 1.29 is 14.3 Å². The summed E-state index contributed by atoms with van der Waals surface area (Å²) >= 11 is 0. The zero-order chi connectivity index (χ0) is 26.1. The Morgan fingerprint density at radius 3 is 1.86 bits per heavy atom. The Balaban J connectivity index is 1.40. The first-order valence-corrected chi connectivity index (χ1v) is 14.2. The van der Waals surface area contributed by atoms with Crippen molar-refractivity contribution in [1.82, 2.24) is 0 Å². The molecule has 0 aromatic heterocycles. The Labute approximate surface area is 222 Å². The molecular formula is C33H43NO3. The molecule has 0 atom stereocenters. The average molecular weight is 502 g/mol. The van der Waals surface area contributed by atoms with Crippen molar-refractivity contribution in [1.29, 1.82) is 0 Å². The lowest BCUT2D eigenvalue weighted by atomic mass is 9.99. The van der Waals surface area contributed by atoms with Gasteiger partial charge in [-0.05, 0) is 36.1 Å². The second kappa shape index (κ2) is 16.6. The molecule has 1 amide bonds. The second-order valence-corrected chi connectivity index (χ2v) is 9.91. The van der Waals surface area contributed by atoms with E-state index in [4.69, 9.17) is 4.74 Å². The highest BCUT2D eigenvalue weighted by Gasteiger charge is 2.16. The lowest BCUT2D eigenvalue weighted by Gasteiger charge is -2.12. The van der Waals surface area contributed by atoms with Crippen LogP contribution < -0.4 is 10.1 Å². The molecule has 1 N–H and O–H groups in total. The minimum atomic E-state index is -0.312. The van der Waals surface area contributed by atoms with Gasteiger partial charge in [-0.1, -0.05) is 120 Å². The zero-order valence-electron chi connectivity index (χ0n) is 22.5. The van der Waals surface area contributed by atoms with Gasteiger partial charge < -0.3 is 10.1 Å². The third-order valence-corrected chi connectivity index (χ3v) is 6.82. The lowest BCUT2D eigenvalue weighted by molar-refractivity contribution is -0.115. The van der Waals surface area contributed by atoms with Crippen molar-refractivity contribution in [3.63, 3.8) is 0 Å². The number of unbranched alkanes of at least 4 members (excludes halogenated alkanes) is 11. The Bertz CT molecular complexity index is 1090. The molecule has 3 rings (SSSR count). The maximum atomic E-state index is 13.0. The molecule has 3 aromatic rings. The standard InChI is InChI=1S/C33H43NO3/c1-2-3-4-5-6-7-8-9-10-11-12-18-25-37-32-24-23-29(28-21-16-17-22-30(28)32)31(35)26-33(36)34-27-19-14-13-15-20-27/h13-17,19-24H,2-12,18,25-26H2,1H3,(H,34,36). The van der Waals surface area contributed by atoms with Crippen LogP contribution in [0.15, 0.2) is 66.7 Å². The summed E-state index contributed by atoms with van der Waals surface area (Å²) in [7, 11) is 0. The average Bonchev–Trinajstić information content (AvgIpc) is 2.91. The van der Waals surface area contributed by atoms with Gasteiger partial charge >= 0.3 is 0 Å². The van der Waals surface area contributed by atoms with Crippen LogP contribution in [-0.4, -0.2) is 18.3 Å². The Kier molecular flexibility index (Phi) is 12.7. The van der Waals surface area contributed by atoms with Crippen LogP contribution in [0.25, 0.3) is 10.8 Å². The summed E-state index contributed by atoms with van der Waals surface area (Å²) in [5.74, 6) is 0.286. The molecule has 0 saturated heterocycles. The molecule has 198 valence electrons. The molecule has 37 heavy (non-hydrogen) atoms. The van der Waals surface area contributed by atoms with E-state index in [1.165, 1.54) is 70.6 Å². The molecule has 0 radical (unpaired) electrons. The largest absolute Gasteiger partial charge is 0.493 e. The number of amides is 1. The lowest BCUT2D eigenvalue weighted by Crippen LogP contribution is -2.16. The summed E-state index contributed by atoms with van der Waals surface area (Å²) in [5.41, 5.74) is 1.24. The van der Waals surface area contributed by atoms with E-state index in [0.717, 1.165) is 22.9 Å². The van der Waals surface area contributed by atoms with Gasteiger partial charge in [0.05, 0.1) is 13.0 Å². The van der Waals surface area contributed by atoms with Crippen molar-refractivity contribution >= 4 is 28.2 Å². The predicted molar refractivity (Wildman–Crippen MR) is 155 cm³/mol. The van der Waals surface area contributed by atoms with Gasteiger partial charge in [0.15, 0.2) is 5.78 Å². The summed E-state index contributed by atoms with van der Waals surface area (Å²) in [6.07, 6.45) is 15.6. The van der Waals surface area contributed by atoms with Gasteiger partial charge in [0.2, 0.25) is 5.91 Å². The van der Waals surface area contributed by atoms with Crippen LogP contribution in [0.4, 0.5) is 5.69 Å². The topological polar surface area (TPSA) is 55.4 Å². The number of Topliss-reactive ketones (excluding diaryl/α,β-unsaturated/α-hetero) is 1. The summed E-state index contributed by atoms with van der Waals surface area (Å²) < 4.78 is 6.12.